The molecule has 1 aliphatic heterocycles. The summed E-state index contributed by atoms with van der Waals surface area (Å²) in [6, 6.07) is 14.3. The third-order valence-electron chi connectivity index (χ3n) is 4.09. The highest BCUT2D eigenvalue weighted by Gasteiger charge is 2.17. The average Bonchev–Trinajstić information content (AvgIpc) is 2.58. The summed E-state index contributed by atoms with van der Waals surface area (Å²) < 4.78 is 13.6. The molecule has 0 unspecified atom stereocenters. The zero-order valence-electron chi connectivity index (χ0n) is 13.0. The minimum atomic E-state index is -0.130. The Balaban J connectivity index is 1.43. The molecule has 0 amide bonds. The number of aromatic hydroxyl groups is 1. The van der Waals surface area contributed by atoms with Crippen LogP contribution in [0.1, 0.15) is 0 Å². The van der Waals surface area contributed by atoms with E-state index in [1.165, 1.54) is 6.07 Å². The molecule has 122 valence electrons. The molecule has 0 saturated carbocycles. The Hall–Kier alpha value is -1.72. The molecule has 1 saturated heterocycles. The lowest BCUT2D eigenvalue weighted by Gasteiger charge is -2.36. The van der Waals surface area contributed by atoms with Gasteiger partial charge in [-0.05, 0) is 36.4 Å². The van der Waals surface area contributed by atoms with Crippen molar-refractivity contribution in [2.75, 3.05) is 43.4 Å². The van der Waals surface area contributed by atoms with Gasteiger partial charge in [0.1, 0.15) is 11.6 Å². The quantitative estimate of drug-likeness (QED) is 0.849. The van der Waals surface area contributed by atoms with Crippen molar-refractivity contribution in [3.63, 3.8) is 0 Å². The molecule has 0 bridgehead atoms. The van der Waals surface area contributed by atoms with E-state index in [1.807, 2.05) is 24.3 Å². The average molecular weight is 332 g/mol. The fourth-order valence-corrected chi connectivity index (χ4v) is 3.69. The lowest BCUT2D eigenvalue weighted by molar-refractivity contribution is 0.273. The summed E-state index contributed by atoms with van der Waals surface area (Å²) >= 11 is 1.58. The van der Waals surface area contributed by atoms with E-state index in [-0.39, 0.29) is 5.82 Å². The third kappa shape index (κ3) is 4.39. The molecule has 23 heavy (non-hydrogen) atoms. The van der Waals surface area contributed by atoms with E-state index in [4.69, 9.17) is 0 Å². The van der Waals surface area contributed by atoms with Crippen LogP contribution < -0.4 is 4.90 Å². The molecule has 3 nitrogen and oxygen atoms in total. The van der Waals surface area contributed by atoms with Crippen molar-refractivity contribution in [3.8, 4) is 5.75 Å². The molecule has 1 heterocycles. The first-order valence-electron chi connectivity index (χ1n) is 7.86. The lowest BCUT2D eigenvalue weighted by Crippen LogP contribution is -2.47. The second kappa shape index (κ2) is 7.70. The summed E-state index contributed by atoms with van der Waals surface area (Å²) in [6.45, 7) is 4.96. The Morgan fingerprint density at radius 1 is 0.957 bits per heavy atom. The molecule has 3 rings (SSSR count). The molecule has 0 aliphatic carbocycles. The van der Waals surface area contributed by atoms with Gasteiger partial charge in [-0.3, -0.25) is 4.90 Å². The maximum atomic E-state index is 13.6. The SMILES string of the molecule is Oc1ccc(N2CCN(CCSc3ccccc3F)CC2)cc1. The number of anilines is 1. The second-order valence-electron chi connectivity index (χ2n) is 5.62. The number of thioether (sulfide) groups is 1. The first kappa shape index (κ1) is 16.1. The summed E-state index contributed by atoms with van der Waals surface area (Å²) in [7, 11) is 0. The number of rotatable bonds is 5. The normalized spacial score (nSPS) is 15.8. The molecule has 0 atom stereocenters. The largest absolute Gasteiger partial charge is 0.508 e. The van der Waals surface area contributed by atoms with E-state index < -0.39 is 0 Å². The maximum Gasteiger partial charge on any atom is 0.136 e. The first-order valence-corrected chi connectivity index (χ1v) is 8.84. The zero-order valence-corrected chi connectivity index (χ0v) is 13.8. The Morgan fingerprint density at radius 3 is 2.35 bits per heavy atom. The lowest BCUT2D eigenvalue weighted by atomic mass is 10.2. The van der Waals surface area contributed by atoms with Crippen molar-refractivity contribution >= 4 is 17.4 Å². The number of nitrogens with zero attached hydrogens (tertiary/aromatic N) is 2. The van der Waals surface area contributed by atoms with Gasteiger partial charge in [-0.1, -0.05) is 12.1 Å². The highest BCUT2D eigenvalue weighted by atomic mass is 32.2. The molecule has 0 radical (unpaired) electrons. The molecule has 2 aromatic rings. The van der Waals surface area contributed by atoms with Crippen molar-refractivity contribution in [3.05, 3.63) is 54.3 Å². The summed E-state index contributed by atoms with van der Waals surface area (Å²) in [5, 5.41) is 9.35. The number of hydrogen-bond donors (Lipinski definition) is 1. The minimum absolute atomic E-state index is 0.130. The van der Waals surface area contributed by atoms with Gasteiger partial charge in [0.05, 0.1) is 0 Å². The standard InChI is InChI=1S/C18H21FN2OS/c19-17-3-1-2-4-18(17)23-14-13-20-9-11-21(12-10-20)15-5-7-16(22)8-6-15/h1-8,22H,9-14H2. The van der Waals surface area contributed by atoms with Crippen molar-refractivity contribution in [1.29, 1.82) is 0 Å². The van der Waals surface area contributed by atoms with Gasteiger partial charge in [-0.2, -0.15) is 0 Å². The van der Waals surface area contributed by atoms with Crippen LogP contribution in [-0.2, 0) is 0 Å². The zero-order chi connectivity index (χ0) is 16.1. The van der Waals surface area contributed by atoms with E-state index in [1.54, 1.807) is 30.0 Å². The van der Waals surface area contributed by atoms with Crippen LogP contribution in [0, 0.1) is 5.82 Å². The number of phenols is 1. The Kier molecular flexibility index (Phi) is 5.41. The summed E-state index contributed by atoms with van der Waals surface area (Å²) in [5.41, 5.74) is 1.16. The minimum Gasteiger partial charge on any atom is -0.508 e. The van der Waals surface area contributed by atoms with Crippen LogP contribution in [0.4, 0.5) is 10.1 Å². The van der Waals surface area contributed by atoms with Crippen molar-refractivity contribution < 1.29 is 9.50 Å². The van der Waals surface area contributed by atoms with Gasteiger partial charge >= 0.3 is 0 Å². The van der Waals surface area contributed by atoms with Gasteiger partial charge in [0.25, 0.3) is 0 Å². The Morgan fingerprint density at radius 2 is 1.65 bits per heavy atom. The smallest absolute Gasteiger partial charge is 0.136 e. The van der Waals surface area contributed by atoms with Crippen LogP contribution in [0.3, 0.4) is 0 Å². The fraction of sp³-hybridized carbons (Fsp3) is 0.333. The number of hydrogen-bond acceptors (Lipinski definition) is 4. The monoisotopic (exact) mass is 332 g/mol. The van der Waals surface area contributed by atoms with E-state index >= 15 is 0 Å². The topological polar surface area (TPSA) is 26.7 Å². The predicted molar refractivity (Wildman–Crippen MR) is 93.9 cm³/mol. The van der Waals surface area contributed by atoms with Crippen LogP contribution in [0.5, 0.6) is 5.75 Å². The molecular formula is C18H21FN2OS. The molecule has 0 spiro atoms. The molecular weight excluding hydrogens is 311 g/mol. The summed E-state index contributed by atoms with van der Waals surface area (Å²) in [4.78, 5) is 5.49. The fourth-order valence-electron chi connectivity index (χ4n) is 2.74. The maximum absolute atomic E-state index is 13.6. The number of piperazine rings is 1. The molecule has 1 N–H and O–H groups in total. The highest BCUT2D eigenvalue weighted by Crippen LogP contribution is 2.22. The van der Waals surface area contributed by atoms with E-state index in [9.17, 15) is 9.50 Å². The van der Waals surface area contributed by atoms with Crippen molar-refractivity contribution in [1.82, 2.24) is 4.90 Å². The molecule has 1 aliphatic rings. The van der Waals surface area contributed by atoms with Gasteiger partial charge in [0.15, 0.2) is 0 Å². The highest BCUT2D eigenvalue weighted by molar-refractivity contribution is 7.99. The van der Waals surface area contributed by atoms with Crippen LogP contribution in [-0.4, -0.2) is 48.5 Å². The second-order valence-corrected chi connectivity index (χ2v) is 6.76. The molecule has 2 aromatic carbocycles. The number of benzene rings is 2. The van der Waals surface area contributed by atoms with Gasteiger partial charge in [0, 0.05) is 49.1 Å². The van der Waals surface area contributed by atoms with E-state index in [2.05, 4.69) is 9.80 Å². The molecule has 1 fully saturated rings. The van der Waals surface area contributed by atoms with Crippen molar-refractivity contribution in [2.24, 2.45) is 0 Å². The summed E-state index contributed by atoms with van der Waals surface area (Å²) in [6.07, 6.45) is 0. The van der Waals surface area contributed by atoms with Crippen LogP contribution >= 0.6 is 11.8 Å². The van der Waals surface area contributed by atoms with Crippen LogP contribution in [0.25, 0.3) is 0 Å². The van der Waals surface area contributed by atoms with Crippen molar-refractivity contribution in [2.45, 2.75) is 4.90 Å². The predicted octanol–water partition coefficient (Wildman–Crippen LogP) is 3.45. The van der Waals surface area contributed by atoms with Crippen LogP contribution in [0.2, 0.25) is 0 Å². The Labute approximate surface area is 140 Å². The van der Waals surface area contributed by atoms with Gasteiger partial charge < -0.3 is 10.0 Å². The summed E-state index contributed by atoms with van der Waals surface area (Å²) in [5.74, 6) is 1.08. The van der Waals surface area contributed by atoms with Gasteiger partial charge in [-0.25, -0.2) is 4.39 Å². The molecule has 5 heteroatoms. The first-order chi connectivity index (χ1) is 11.2. The van der Waals surface area contributed by atoms with Crippen LogP contribution in [0.15, 0.2) is 53.4 Å². The van der Waals surface area contributed by atoms with E-state index in [0.717, 1.165) is 49.1 Å². The number of phenolic OH excluding ortho intramolecular Hbond substituents is 1. The Bertz CT molecular complexity index is 627. The third-order valence-corrected chi connectivity index (χ3v) is 5.12. The van der Waals surface area contributed by atoms with E-state index in [0.29, 0.717) is 5.75 Å². The van der Waals surface area contributed by atoms with Gasteiger partial charge in [0.2, 0.25) is 0 Å². The molecule has 0 aromatic heterocycles. The number of halogens is 1. The van der Waals surface area contributed by atoms with Gasteiger partial charge in [-0.15, -0.1) is 11.8 Å².